The number of para-hydroxylation sites is 1. The van der Waals surface area contributed by atoms with E-state index in [4.69, 9.17) is 5.11 Å². The number of nitrogens with one attached hydrogen (secondary N) is 1. The second-order valence-corrected chi connectivity index (χ2v) is 7.12. The number of azo groups is 1. The highest BCUT2D eigenvalue weighted by Gasteiger charge is 2.19. The first-order valence-corrected chi connectivity index (χ1v) is 9.37. The van der Waals surface area contributed by atoms with Gasteiger partial charge < -0.3 is 10.2 Å². The summed E-state index contributed by atoms with van der Waals surface area (Å²) in [5.74, 6) is -1.75. The van der Waals surface area contributed by atoms with Gasteiger partial charge in [-0.3, -0.25) is 4.72 Å². The molecule has 28 heavy (non-hydrogen) atoms. The molecule has 2 aromatic carbocycles. The van der Waals surface area contributed by atoms with Crippen LogP contribution in [-0.4, -0.2) is 29.6 Å². The summed E-state index contributed by atoms with van der Waals surface area (Å²) in [6.45, 7) is 0. The monoisotopic (exact) mass is 398 g/mol. The Morgan fingerprint density at radius 3 is 2.32 bits per heavy atom. The lowest BCUT2D eigenvalue weighted by molar-refractivity contribution is 0.0694. The number of sulfonamides is 1. The third-order valence-corrected chi connectivity index (χ3v) is 4.97. The van der Waals surface area contributed by atoms with E-state index in [-0.39, 0.29) is 27.7 Å². The zero-order chi connectivity index (χ0) is 20.1. The molecule has 9 nitrogen and oxygen atoms in total. The second-order valence-electron chi connectivity index (χ2n) is 5.47. The van der Waals surface area contributed by atoms with Gasteiger partial charge in [-0.1, -0.05) is 24.3 Å². The van der Waals surface area contributed by atoms with E-state index < -0.39 is 21.7 Å². The average Bonchev–Trinajstić information content (AvgIpc) is 2.67. The van der Waals surface area contributed by atoms with Crippen LogP contribution in [0.15, 0.2) is 82.0 Å². The topological polar surface area (TPSA) is 141 Å². The fourth-order valence-electron chi connectivity index (χ4n) is 2.28. The third-order valence-electron chi connectivity index (χ3n) is 3.57. The van der Waals surface area contributed by atoms with Crippen LogP contribution in [0.1, 0.15) is 10.4 Å². The lowest BCUT2D eigenvalue weighted by Crippen LogP contribution is -2.13. The number of carboxylic acid groups (broad SMARTS) is 1. The molecule has 0 aliphatic heterocycles. The highest BCUT2D eigenvalue weighted by Crippen LogP contribution is 2.33. The quantitative estimate of drug-likeness (QED) is 0.541. The molecule has 1 aromatic heterocycles. The normalized spacial score (nSPS) is 11.4. The number of nitrogens with zero attached hydrogens (tertiary/aromatic N) is 3. The van der Waals surface area contributed by atoms with E-state index >= 15 is 0 Å². The van der Waals surface area contributed by atoms with Gasteiger partial charge in [0.05, 0.1) is 0 Å². The minimum Gasteiger partial charge on any atom is -0.505 e. The van der Waals surface area contributed by atoms with Gasteiger partial charge in [0.25, 0.3) is 10.0 Å². The summed E-state index contributed by atoms with van der Waals surface area (Å²) >= 11 is 0. The van der Waals surface area contributed by atoms with E-state index in [9.17, 15) is 18.3 Å². The molecule has 0 amide bonds. The molecule has 0 aliphatic carbocycles. The molecule has 0 atom stereocenters. The number of benzene rings is 2. The summed E-state index contributed by atoms with van der Waals surface area (Å²) in [4.78, 5) is 14.8. The number of carbonyl (C=O) groups is 1. The van der Waals surface area contributed by atoms with Gasteiger partial charge >= 0.3 is 5.97 Å². The Balaban J connectivity index is 1.96. The number of aromatic hydroxyl groups is 1. The van der Waals surface area contributed by atoms with Crippen LogP contribution >= 0.6 is 0 Å². The van der Waals surface area contributed by atoms with E-state index in [0.717, 1.165) is 0 Å². The Kier molecular flexibility index (Phi) is 5.32. The molecule has 0 unspecified atom stereocenters. The predicted octanol–water partition coefficient (Wildman–Crippen LogP) is 3.70. The van der Waals surface area contributed by atoms with E-state index in [0.29, 0.717) is 0 Å². The number of phenols is 1. The van der Waals surface area contributed by atoms with Crippen LogP contribution in [0.25, 0.3) is 0 Å². The van der Waals surface area contributed by atoms with Crippen LogP contribution in [0.4, 0.5) is 17.2 Å². The van der Waals surface area contributed by atoms with Crippen molar-refractivity contribution in [2.75, 3.05) is 4.72 Å². The van der Waals surface area contributed by atoms with Crippen molar-refractivity contribution in [2.45, 2.75) is 4.90 Å². The molecule has 3 rings (SSSR count). The minimum absolute atomic E-state index is 0.00561. The van der Waals surface area contributed by atoms with Crippen molar-refractivity contribution in [3.8, 4) is 5.75 Å². The van der Waals surface area contributed by atoms with Crippen molar-refractivity contribution < 1.29 is 23.4 Å². The maximum absolute atomic E-state index is 12.7. The number of pyridine rings is 1. The van der Waals surface area contributed by atoms with Crippen LogP contribution in [0, 0.1) is 0 Å². The summed E-state index contributed by atoms with van der Waals surface area (Å²) in [7, 11) is -4.00. The first-order valence-electron chi connectivity index (χ1n) is 7.88. The predicted molar refractivity (Wildman–Crippen MR) is 101 cm³/mol. The van der Waals surface area contributed by atoms with Gasteiger partial charge in [-0.05, 0) is 36.4 Å². The molecule has 142 valence electrons. The maximum Gasteiger partial charge on any atom is 0.339 e. The van der Waals surface area contributed by atoms with Crippen LogP contribution in [0.3, 0.4) is 0 Å². The van der Waals surface area contributed by atoms with E-state index in [1.54, 1.807) is 18.2 Å². The molecular weight excluding hydrogens is 384 g/mol. The highest BCUT2D eigenvalue weighted by atomic mass is 32.2. The molecule has 0 saturated carbocycles. The summed E-state index contributed by atoms with van der Waals surface area (Å²) < 4.78 is 27.7. The molecule has 0 radical (unpaired) electrons. The summed E-state index contributed by atoms with van der Waals surface area (Å²) in [5.41, 5.74) is -0.440. The number of hydrogen-bond acceptors (Lipinski definition) is 7. The number of aromatic nitrogens is 1. The van der Waals surface area contributed by atoms with Crippen molar-refractivity contribution in [2.24, 2.45) is 10.2 Å². The molecule has 0 fully saturated rings. The van der Waals surface area contributed by atoms with Crippen LogP contribution < -0.4 is 4.72 Å². The van der Waals surface area contributed by atoms with Gasteiger partial charge in [0.15, 0.2) is 5.75 Å². The highest BCUT2D eigenvalue weighted by molar-refractivity contribution is 7.92. The number of carboxylic acids is 1. The molecule has 1 heterocycles. The van der Waals surface area contributed by atoms with Crippen molar-refractivity contribution in [1.82, 2.24) is 4.98 Å². The van der Waals surface area contributed by atoms with Crippen molar-refractivity contribution in [3.63, 3.8) is 0 Å². The molecule has 0 bridgehead atoms. The minimum atomic E-state index is -4.00. The van der Waals surface area contributed by atoms with Crippen molar-refractivity contribution in [1.29, 1.82) is 0 Å². The van der Waals surface area contributed by atoms with Crippen LogP contribution in [0.2, 0.25) is 0 Å². The summed E-state index contributed by atoms with van der Waals surface area (Å²) in [5, 5.41) is 26.7. The first kappa shape index (κ1) is 19.0. The molecule has 0 aliphatic rings. The molecule has 10 heteroatoms. The molecule has 3 aromatic rings. The molecule has 3 N–H and O–H groups in total. The third kappa shape index (κ3) is 4.13. The van der Waals surface area contributed by atoms with Gasteiger partial charge in [-0.2, -0.15) is 0 Å². The molecule has 0 spiro atoms. The van der Waals surface area contributed by atoms with E-state index in [1.165, 1.54) is 48.7 Å². The lowest BCUT2D eigenvalue weighted by Gasteiger charge is -2.09. The van der Waals surface area contributed by atoms with Gasteiger partial charge in [0.2, 0.25) is 0 Å². The maximum atomic E-state index is 12.7. The molecular formula is C18H14N4O5S. The number of aromatic carboxylic acids is 1. The van der Waals surface area contributed by atoms with Crippen LogP contribution in [0.5, 0.6) is 5.75 Å². The number of rotatable bonds is 6. The lowest BCUT2D eigenvalue weighted by atomic mass is 10.2. The number of anilines is 1. The SMILES string of the molecule is O=C(O)c1cccc(N=Nc2ccccc2S(=O)(=O)Nc2ccccn2)c1O. The average molecular weight is 398 g/mol. The summed E-state index contributed by atoms with van der Waals surface area (Å²) in [6, 6.07) is 14.6. The zero-order valence-electron chi connectivity index (χ0n) is 14.2. The first-order chi connectivity index (χ1) is 13.4. The zero-order valence-corrected chi connectivity index (χ0v) is 15.0. The van der Waals surface area contributed by atoms with Crippen molar-refractivity contribution in [3.05, 3.63) is 72.4 Å². The van der Waals surface area contributed by atoms with Gasteiger partial charge in [-0.25, -0.2) is 18.2 Å². The Hall–Kier alpha value is -3.79. The van der Waals surface area contributed by atoms with Crippen LogP contribution in [-0.2, 0) is 10.0 Å². The van der Waals surface area contributed by atoms with Gasteiger partial charge in [0, 0.05) is 6.20 Å². The summed E-state index contributed by atoms with van der Waals surface area (Å²) in [6.07, 6.45) is 1.45. The second kappa shape index (κ2) is 7.84. The molecule has 0 saturated heterocycles. The van der Waals surface area contributed by atoms with Gasteiger partial charge in [-0.15, -0.1) is 10.2 Å². The Morgan fingerprint density at radius 1 is 0.929 bits per heavy atom. The Labute approximate surface area is 160 Å². The van der Waals surface area contributed by atoms with Gasteiger partial charge in [0.1, 0.15) is 27.7 Å². The van der Waals surface area contributed by atoms with E-state index in [1.807, 2.05) is 0 Å². The standard InChI is InChI=1S/C18H14N4O5S/c23-17-12(18(24)25)6-5-8-14(17)21-20-13-7-1-2-9-15(13)28(26,27)22-16-10-3-4-11-19-16/h1-11,23H,(H,19,22)(H,24,25). The Morgan fingerprint density at radius 2 is 1.61 bits per heavy atom. The van der Waals surface area contributed by atoms with E-state index in [2.05, 4.69) is 19.9 Å². The number of hydrogen-bond donors (Lipinski definition) is 3. The Bertz CT molecular complexity index is 1150. The largest absolute Gasteiger partial charge is 0.505 e. The smallest absolute Gasteiger partial charge is 0.339 e. The fourth-order valence-corrected chi connectivity index (χ4v) is 3.42. The van der Waals surface area contributed by atoms with Crippen molar-refractivity contribution >= 4 is 33.2 Å². The fraction of sp³-hybridized carbons (Fsp3) is 0.